The number of oxazole rings is 1. The van der Waals surface area contributed by atoms with Crippen LogP contribution >= 0.6 is 0 Å². The topological polar surface area (TPSA) is 46.3 Å². The summed E-state index contributed by atoms with van der Waals surface area (Å²) in [5, 5.41) is 0. The third-order valence-electron chi connectivity index (χ3n) is 5.11. The number of likely N-dealkylation sites (tertiary alicyclic amines) is 1. The van der Waals surface area contributed by atoms with Crippen LogP contribution in [0.4, 0.5) is 13.2 Å². The molecule has 4 nitrogen and oxygen atoms in total. The fourth-order valence-corrected chi connectivity index (χ4v) is 3.64. The van der Waals surface area contributed by atoms with Crippen LogP contribution in [-0.4, -0.2) is 22.3 Å². The molecule has 1 unspecified atom stereocenters. The summed E-state index contributed by atoms with van der Waals surface area (Å²) in [5.41, 5.74) is 1.98. The van der Waals surface area contributed by atoms with E-state index in [9.17, 15) is 18.0 Å². The first-order chi connectivity index (χ1) is 13.4. The summed E-state index contributed by atoms with van der Waals surface area (Å²) in [5.74, 6) is 0.592. The number of aromatic nitrogens is 1. The van der Waals surface area contributed by atoms with Crippen molar-refractivity contribution < 1.29 is 22.4 Å². The van der Waals surface area contributed by atoms with Crippen molar-refractivity contribution in [3.63, 3.8) is 0 Å². The number of rotatable bonds is 3. The van der Waals surface area contributed by atoms with Crippen LogP contribution in [0.2, 0.25) is 0 Å². The number of amides is 1. The molecule has 1 aromatic heterocycles. The molecule has 28 heavy (non-hydrogen) atoms. The van der Waals surface area contributed by atoms with Crippen LogP contribution in [0.5, 0.6) is 0 Å². The van der Waals surface area contributed by atoms with Crippen LogP contribution in [0.25, 0.3) is 22.2 Å². The van der Waals surface area contributed by atoms with Gasteiger partial charge < -0.3 is 9.32 Å². The molecule has 0 saturated carbocycles. The van der Waals surface area contributed by atoms with Crippen LogP contribution < -0.4 is 0 Å². The molecular weight excluding hydrogens is 369 g/mol. The van der Waals surface area contributed by atoms with Gasteiger partial charge in [0.05, 0.1) is 5.56 Å². The fourth-order valence-electron chi connectivity index (χ4n) is 3.64. The number of nitrogens with zero attached hydrogens (tertiary/aromatic N) is 2. The van der Waals surface area contributed by atoms with Gasteiger partial charge >= 0.3 is 6.18 Å². The molecule has 0 radical (unpaired) electrons. The van der Waals surface area contributed by atoms with Gasteiger partial charge in [-0.2, -0.15) is 13.2 Å². The van der Waals surface area contributed by atoms with Crippen molar-refractivity contribution in [1.29, 1.82) is 0 Å². The largest absolute Gasteiger partial charge is 0.438 e. The maximum absolute atomic E-state index is 12.7. The van der Waals surface area contributed by atoms with Crippen molar-refractivity contribution >= 4 is 17.0 Å². The van der Waals surface area contributed by atoms with E-state index in [4.69, 9.17) is 4.42 Å². The zero-order valence-electron chi connectivity index (χ0n) is 15.3. The molecule has 1 aliphatic rings. The summed E-state index contributed by atoms with van der Waals surface area (Å²) in [7, 11) is 0. The van der Waals surface area contributed by atoms with Gasteiger partial charge in [0, 0.05) is 13.0 Å². The summed E-state index contributed by atoms with van der Waals surface area (Å²) in [6.45, 7) is 2.53. The van der Waals surface area contributed by atoms with E-state index < -0.39 is 11.7 Å². The molecule has 1 amide bonds. The number of carbonyl (C=O) groups excluding carboxylic acids is 1. The number of hydrogen-bond acceptors (Lipinski definition) is 3. The van der Waals surface area contributed by atoms with E-state index in [0.717, 1.165) is 30.5 Å². The average Bonchev–Trinajstić information content (AvgIpc) is 3.32. The summed E-state index contributed by atoms with van der Waals surface area (Å²) < 4.78 is 44.1. The Morgan fingerprint density at radius 2 is 1.89 bits per heavy atom. The van der Waals surface area contributed by atoms with Gasteiger partial charge in [-0.3, -0.25) is 4.79 Å². The Morgan fingerprint density at radius 3 is 2.57 bits per heavy atom. The lowest BCUT2D eigenvalue weighted by Crippen LogP contribution is -2.29. The molecule has 146 valence electrons. The molecule has 0 spiro atoms. The number of hydrogen-bond donors (Lipinski definition) is 0. The second-order valence-corrected chi connectivity index (χ2v) is 6.91. The molecule has 1 fully saturated rings. The van der Waals surface area contributed by atoms with Gasteiger partial charge in [-0.1, -0.05) is 25.1 Å². The Kier molecular flexibility index (Phi) is 4.61. The van der Waals surface area contributed by atoms with Crippen molar-refractivity contribution in [3.05, 3.63) is 53.9 Å². The van der Waals surface area contributed by atoms with Gasteiger partial charge in [-0.25, -0.2) is 4.98 Å². The van der Waals surface area contributed by atoms with Crippen LogP contribution in [0, 0.1) is 0 Å². The zero-order chi connectivity index (χ0) is 19.9. The summed E-state index contributed by atoms with van der Waals surface area (Å²) in [6.07, 6.45) is -2.20. The van der Waals surface area contributed by atoms with Gasteiger partial charge in [0.15, 0.2) is 5.58 Å². The van der Waals surface area contributed by atoms with Gasteiger partial charge in [0.25, 0.3) is 0 Å². The summed E-state index contributed by atoms with van der Waals surface area (Å²) in [6, 6.07) is 10.2. The third kappa shape index (κ3) is 3.37. The number of fused-ring (bicyclic) bond motifs is 1. The predicted octanol–water partition coefficient (Wildman–Crippen LogP) is 5.59. The van der Waals surface area contributed by atoms with Crippen LogP contribution in [0.3, 0.4) is 0 Å². The molecule has 1 aliphatic heterocycles. The van der Waals surface area contributed by atoms with E-state index in [1.165, 1.54) is 12.1 Å². The average molecular weight is 388 g/mol. The molecule has 0 N–H and O–H groups in total. The van der Waals surface area contributed by atoms with E-state index in [1.54, 1.807) is 18.2 Å². The molecule has 7 heteroatoms. The van der Waals surface area contributed by atoms with Crippen LogP contribution in [0.1, 0.15) is 43.7 Å². The Hall–Kier alpha value is -2.83. The Labute approximate surface area is 160 Å². The van der Waals surface area contributed by atoms with Crippen molar-refractivity contribution in [2.45, 2.75) is 38.4 Å². The minimum absolute atomic E-state index is 0.0789. The minimum Gasteiger partial charge on any atom is -0.438 e. The molecule has 1 atom stereocenters. The highest BCUT2D eigenvalue weighted by Gasteiger charge is 2.33. The molecular formula is C21H19F3N2O2. The summed E-state index contributed by atoms with van der Waals surface area (Å²) >= 11 is 0. The van der Waals surface area contributed by atoms with Crippen molar-refractivity contribution in [3.8, 4) is 11.1 Å². The Balaban J connectivity index is 1.64. The quantitative estimate of drug-likeness (QED) is 0.588. The zero-order valence-corrected chi connectivity index (χ0v) is 15.3. The molecule has 0 bridgehead atoms. The SMILES string of the molecule is CCC(=O)N1CCCC1c1nc2cc(-c3ccc(C(F)(F)F)cc3)ccc2o1. The lowest BCUT2D eigenvalue weighted by Gasteiger charge is -2.21. The fraction of sp³-hybridized carbons (Fsp3) is 0.333. The van der Waals surface area contributed by atoms with Crippen molar-refractivity contribution in [2.24, 2.45) is 0 Å². The van der Waals surface area contributed by atoms with Gasteiger partial charge in [-0.05, 0) is 48.2 Å². The second kappa shape index (κ2) is 6.96. The van der Waals surface area contributed by atoms with Crippen LogP contribution in [0.15, 0.2) is 46.9 Å². The number of benzene rings is 2. The lowest BCUT2D eigenvalue weighted by molar-refractivity contribution is -0.137. The third-order valence-corrected chi connectivity index (χ3v) is 5.11. The standard InChI is InChI=1S/C21H19F3N2O2/c1-2-19(27)26-11-3-4-17(26)20-25-16-12-14(7-10-18(16)28-20)13-5-8-15(9-6-13)21(22,23)24/h5-10,12,17H,2-4,11H2,1H3. The van der Waals surface area contributed by atoms with E-state index in [1.807, 2.05) is 11.8 Å². The first kappa shape index (κ1) is 18.5. The molecule has 3 aromatic rings. The first-order valence-electron chi connectivity index (χ1n) is 9.24. The Bertz CT molecular complexity index is 1010. The normalized spacial score (nSPS) is 17.4. The number of carbonyl (C=O) groups is 1. The van der Waals surface area contributed by atoms with Crippen molar-refractivity contribution in [1.82, 2.24) is 9.88 Å². The maximum Gasteiger partial charge on any atom is 0.416 e. The second-order valence-electron chi connectivity index (χ2n) is 6.91. The highest BCUT2D eigenvalue weighted by atomic mass is 19.4. The molecule has 2 aromatic carbocycles. The maximum atomic E-state index is 12.7. The van der Waals surface area contributed by atoms with Gasteiger partial charge in [-0.15, -0.1) is 0 Å². The van der Waals surface area contributed by atoms with Crippen molar-refractivity contribution in [2.75, 3.05) is 6.54 Å². The smallest absolute Gasteiger partial charge is 0.416 e. The first-order valence-corrected chi connectivity index (χ1v) is 9.24. The molecule has 2 heterocycles. The molecule has 1 saturated heterocycles. The van der Waals surface area contributed by atoms with Crippen LogP contribution in [-0.2, 0) is 11.0 Å². The lowest BCUT2D eigenvalue weighted by atomic mass is 10.0. The molecule has 4 rings (SSSR count). The monoisotopic (exact) mass is 388 g/mol. The molecule has 0 aliphatic carbocycles. The minimum atomic E-state index is -4.35. The number of alkyl halides is 3. The highest BCUT2D eigenvalue weighted by molar-refractivity contribution is 5.81. The Morgan fingerprint density at radius 1 is 1.18 bits per heavy atom. The van der Waals surface area contributed by atoms with E-state index in [0.29, 0.717) is 35.5 Å². The number of halogens is 3. The summed E-state index contributed by atoms with van der Waals surface area (Å²) in [4.78, 5) is 18.5. The van der Waals surface area contributed by atoms with E-state index >= 15 is 0 Å². The van der Waals surface area contributed by atoms with Gasteiger partial charge in [0.1, 0.15) is 11.6 Å². The van der Waals surface area contributed by atoms with E-state index in [2.05, 4.69) is 4.98 Å². The van der Waals surface area contributed by atoms with E-state index in [-0.39, 0.29) is 11.9 Å². The highest BCUT2D eigenvalue weighted by Crippen LogP contribution is 2.35. The van der Waals surface area contributed by atoms with Gasteiger partial charge in [0.2, 0.25) is 11.8 Å². The predicted molar refractivity (Wildman–Crippen MR) is 98.4 cm³/mol.